The van der Waals surface area contributed by atoms with Gasteiger partial charge in [-0.25, -0.2) is 0 Å². The Morgan fingerprint density at radius 3 is 2.07 bits per heavy atom. The van der Waals surface area contributed by atoms with Crippen molar-refractivity contribution < 1.29 is 4.21 Å². The first-order chi connectivity index (χ1) is 6.84. The van der Waals surface area contributed by atoms with Gasteiger partial charge in [-0.2, -0.15) is 0 Å². The first kappa shape index (κ1) is 10.6. The number of nitrogens with one attached hydrogen (secondary N) is 1. The van der Waals surface area contributed by atoms with E-state index >= 15 is 0 Å². The van der Waals surface area contributed by atoms with Crippen LogP contribution >= 0.6 is 0 Å². The Hall–Kier alpha value is 0.110. The molecule has 2 rings (SSSR count). The van der Waals surface area contributed by atoms with E-state index in [0.717, 1.165) is 30.4 Å². The average molecular weight is 215 g/mol. The number of hydrogen-bond donors (Lipinski definition) is 1. The fourth-order valence-corrected chi connectivity index (χ4v) is 3.86. The minimum atomic E-state index is -0.507. The van der Waals surface area contributed by atoms with Crippen LogP contribution in [0.4, 0.5) is 0 Å². The monoisotopic (exact) mass is 215 g/mol. The molecule has 1 aliphatic carbocycles. The molecule has 0 aromatic rings. The molecule has 2 nitrogen and oxygen atoms in total. The largest absolute Gasteiger partial charge is 0.311 e. The first-order valence-electron chi connectivity index (χ1n) is 5.95. The summed E-state index contributed by atoms with van der Waals surface area (Å²) in [7, 11) is -0.507. The molecule has 82 valence electrons. The molecule has 14 heavy (non-hydrogen) atoms. The van der Waals surface area contributed by atoms with Crippen molar-refractivity contribution in [1.82, 2.24) is 5.32 Å². The van der Waals surface area contributed by atoms with Gasteiger partial charge in [0.2, 0.25) is 0 Å². The van der Waals surface area contributed by atoms with Gasteiger partial charge in [0, 0.05) is 34.4 Å². The predicted octanol–water partition coefficient (Wildman–Crippen LogP) is 1.82. The van der Waals surface area contributed by atoms with E-state index < -0.39 is 10.8 Å². The molecular formula is C11H21NOS. The predicted molar refractivity (Wildman–Crippen MR) is 60.9 cm³/mol. The molecule has 0 atom stereocenters. The Morgan fingerprint density at radius 2 is 1.43 bits per heavy atom. The summed E-state index contributed by atoms with van der Waals surface area (Å²) in [6.45, 7) is 0. The highest BCUT2D eigenvalue weighted by atomic mass is 32.2. The summed E-state index contributed by atoms with van der Waals surface area (Å²) in [5, 5.41) is 3.74. The number of hydrogen-bond acceptors (Lipinski definition) is 2. The second-order valence-corrected chi connectivity index (χ2v) is 6.32. The van der Waals surface area contributed by atoms with Gasteiger partial charge in [-0.3, -0.25) is 4.21 Å². The highest BCUT2D eigenvalue weighted by molar-refractivity contribution is 7.85. The van der Waals surface area contributed by atoms with E-state index in [2.05, 4.69) is 5.32 Å². The molecule has 0 aromatic carbocycles. The van der Waals surface area contributed by atoms with Crippen LogP contribution in [0.15, 0.2) is 0 Å². The molecule has 0 unspecified atom stereocenters. The zero-order chi connectivity index (χ0) is 9.80. The van der Waals surface area contributed by atoms with Crippen molar-refractivity contribution in [2.75, 3.05) is 11.5 Å². The summed E-state index contributed by atoms with van der Waals surface area (Å²) in [6, 6.07) is 1.43. The summed E-state index contributed by atoms with van der Waals surface area (Å²) in [6.07, 6.45) is 9.20. The lowest BCUT2D eigenvalue weighted by atomic mass is 9.94. The minimum absolute atomic E-state index is 0.507. The van der Waals surface area contributed by atoms with Gasteiger partial charge in [0.15, 0.2) is 0 Å². The van der Waals surface area contributed by atoms with Crippen LogP contribution in [0.5, 0.6) is 0 Å². The third kappa shape index (κ3) is 3.06. The van der Waals surface area contributed by atoms with E-state index in [0.29, 0.717) is 6.04 Å². The van der Waals surface area contributed by atoms with Crippen LogP contribution in [-0.2, 0) is 10.8 Å². The van der Waals surface area contributed by atoms with E-state index in [9.17, 15) is 4.21 Å². The topological polar surface area (TPSA) is 29.1 Å². The van der Waals surface area contributed by atoms with Crippen LogP contribution in [0.1, 0.15) is 44.9 Å². The van der Waals surface area contributed by atoms with Gasteiger partial charge in [0.25, 0.3) is 0 Å². The molecule has 3 heteroatoms. The highest BCUT2D eigenvalue weighted by Gasteiger charge is 2.21. The van der Waals surface area contributed by atoms with E-state index in [-0.39, 0.29) is 0 Å². The van der Waals surface area contributed by atoms with E-state index in [1.54, 1.807) is 0 Å². The van der Waals surface area contributed by atoms with Gasteiger partial charge in [0.05, 0.1) is 0 Å². The van der Waals surface area contributed by atoms with Crippen LogP contribution in [0.3, 0.4) is 0 Å². The van der Waals surface area contributed by atoms with Gasteiger partial charge in [0.1, 0.15) is 0 Å². The molecule has 1 N–H and O–H groups in total. The summed E-state index contributed by atoms with van der Waals surface area (Å²) in [5.41, 5.74) is 0. The van der Waals surface area contributed by atoms with Gasteiger partial charge < -0.3 is 5.32 Å². The Kier molecular flexibility index (Phi) is 3.99. The molecule has 1 aliphatic heterocycles. The Balaban J connectivity index is 1.71. The van der Waals surface area contributed by atoms with E-state index in [1.807, 2.05) is 0 Å². The standard InChI is InChI=1S/C11H21NOS/c13-14-8-6-11(7-9-14)12-10-4-2-1-3-5-10/h10-12H,1-9H2. The van der Waals surface area contributed by atoms with Crippen molar-refractivity contribution in [3.63, 3.8) is 0 Å². The van der Waals surface area contributed by atoms with Crippen LogP contribution in [-0.4, -0.2) is 27.8 Å². The third-order valence-corrected chi connectivity index (χ3v) is 4.85. The highest BCUT2D eigenvalue weighted by Crippen LogP contribution is 2.19. The smallest absolute Gasteiger partial charge is 0.0249 e. The molecule has 0 amide bonds. The van der Waals surface area contributed by atoms with E-state index in [4.69, 9.17) is 0 Å². The molecule has 1 heterocycles. The normalized spacial score (nSPS) is 35.7. The molecule has 0 radical (unpaired) electrons. The lowest BCUT2D eigenvalue weighted by Gasteiger charge is -2.30. The molecule has 0 bridgehead atoms. The molecular weight excluding hydrogens is 194 g/mol. The minimum Gasteiger partial charge on any atom is -0.311 e. The molecule has 1 saturated carbocycles. The summed E-state index contributed by atoms with van der Waals surface area (Å²) < 4.78 is 11.2. The molecule has 0 spiro atoms. The van der Waals surface area contributed by atoms with Crippen molar-refractivity contribution in [3.8, 4) is 0 Å². The average Bonchev–Trinajstić information content (AvgIpc) is 2.23. The second kappa shape index (κ2) is 5.26. The first-order valence-corrected chi connectivity index (χ1v) is 7.44. The van der Waals surface area contributed by atoms with Crippen LogP contribution in [0.2, 0.25) is 0 Å². The van der Waals surface area contributed by atoms with Crippen LogP contribution in [0, 0.1) is 0 Å². The molecule has 0 aromatic heterocycles. The Morgan fingerprint density at radius 1 is 0.857 bits per heavy atom. The quantitative estimate of drug-likeness (QED) is 0.761. The van der Waals surface area contributed by atoms with Crippen LogP contribution < -0.4 is 5.32 Å². The van der Waals surface area contributed by atoms with Crippen molar-refractivity contribution in [2.45, 2.75) is 57.0 Å². The molecule has 2 fully saturated rings. The van der Waals surface area contributed by atoms with Gasteiger partial charge in [-0.15, -0.1) is 0 Å². The summed E-state index contributed by atoms with van der Waals surface area (Å²) in [4.78, 5) is 0. The van der Waals surface area contributed by atoms with E-state index in [1.165, 1.54) is 32.1 Å². The van der Waals surface area contributed by atoms with Gasteiger partial charge >= 0.3 is 0 Å². The SMILES string of the molecule is O=S1CCC(NC2CCCCC2)CC1. The van der Waals surface area contributed by atoms with Crippen molar-refractivity contribution in [1.29, 1.82) is 0 Å². The maximum atomic E-state index is 11.2. The lowest BCUT2D eigenvalue weighted by molar-refractivity contribution is 0.325. The zero-order valence-electron chi connectivity index (χ0n) is 8.84. The van der Waals surface area contributed by atoms with Crippen molar-refractivity contribution in [2.24, 2.45) is 0 Å². The Bertz CT molecular complexity index is 191. The summed E-state index contributed by atoms with van der Waals surface area (Å²) >= 11 is 0. The maximum absolute atomic E-state index is 11.2. The fraction of sp³-hybridized carbons (Fsp3) is 1.00. The maximum Gasteiger partial charge on any atom is 0.0249 e. The van der Waals surface area contributed by atoms with Gasteiger partial charge in [-0.05, 0) is 25.7 Å². The molecule has 2 aliphatic rings. The molecule has 1 saturated heterocycles. The zero-order valence-corrected chi connectivity index (χ0v) is 9.65. The van der Waals surface area contributed by atoms with Gasteiger partial charge in [-0.1, -0.05) is 19.3 Å². The third-order valence-electron chi connectivity index (χ3n) is 3.46. The van der Waals surface area contributed by atoms with Crippen molar-refractivity contribution >= 4 is 10.8 Å². The second-order valence-electron chi connectivity index (χ2n) is 4.62. The van der Waals surface area contributed by atoms with Crippen LogP contribution in [0.25, 0.3) is 0 Å². The number of rotatable bonds is 2. The van der Waals surface area contributed by atoms with Crippen molar-refractivity contribution in [3.05, 3.63) is 0 Å². The summed E-state index contributed by atoms with van der Waals surface area (Å²) in [5.74, 6) is 1.84. The fourth-order valence-electron chi connectivity index (χ4n) is 2.56. The lowest BCUT2D eigenvalue weighted by Crippen LogP contribution is -2.42. The Labute approximate surface area is 89.3 Å².